The summed E-state index contributed by atoms with van der Waals surface area (Å²) < 4.78 is 15.1. The quantitative estimate of drug-likeness (QED) is 0.721. The monoisotopic (exact) mass is 277 g/mol. The fourth-order valence-corrected chi connectivity index (χ4v) is 1.62. The number of carboxylic acids is 1. The third-order valence-electron chi connectivity index (χ3n) is 2.10. The SMILES string of the molecule is COCC(COC)(CC(=O)O)NC(=O)OC(C)(C)C. The topological polar surface area (TPSA) is 94.1 Å². The first-order valence-electron chi connectivity index (χ1n) is 5.85. The second-order valence-electron chi connectivity index (χ2n) is 5.34. The van der Waals surface area contributed by atoms with Crippen molar-refractivity contribution in [3.8, 4) is 0 Å². The minimum Gasteiger partial charge on any atom is -0.481 e. The fraction of sp³-hybridized carbons (Fsp3) is 0.833. The van der Waals surface area contributed by atoms with Crippen molar-refractivity contribution in [2.75, 3.05) is 27.4 Å². The van der Waals surface area contributed by atoms with Crippen molar-refractivity contribution in [1.29, 1.82) is 0 Å². The van der Waals surface area contributed by atoms with Crippen LogP contribution < -0.4 is 5.32 Å². The molecule has 1 amide bonds. The van der Waals surface area contributed by atoms with Gasteiger partial charge >= 0.3 is 12.1 Å². The lowest BCUT2D eigenvalue weighted by molar-refractivity contribution is -0.140. The number of hydrogen-bond donors (Lipinski definition) is 2. The number of methoxy groups -OCH3 is 2. The number of alkyl carbamates (subject to hydrolysis) is 1. The van der Waals surface area contributed by atoms with Gasteiger partial charge in [0.05, 0.1) is 19.6 Å². The van der Waals surface area contributed by atoms with Crippen molar-refractivity contribution in [2.24, 2.45) is 0 Å². The Balaban J connectivity index is 4.89. The Morgan fingerprint density at radius 3 is 1.89 bits per heavy atom. The van der Waals surface area contributed by atoms with Crippen molar-refractivity contribution in [2.45, 2.75) is 38.3 Å². The molecule has 0 unspecified atom stereocenters. The van der Waals surface area contributed by atoms with Gasteiger partial charge in [-0.2, -0.15) is 0 Å². The van der Waals surface area contributed by atoms with Crippen LogP contribution in [0, 0.1) is 0 Å². The van der Waals surface area contributed by atoms with Crippen LogP contribution in [0.5, 0.6) is 0 Å². The van der Waals surface area contributed by atoms with E-state index in [0.717, 1.165) is 0 Å². The highest BCUT2D eigenvalue weighted by Crippen LogP contribution is 2.15. The molecule has 0 aliphatic heterocycles. The van der Waals surface area contributed by atoms with E-state index in [1.165, 1.54) is 14.2 Å². The van der Waals surface area contributed by atoms with Crippen LogP contribution in [0.1, 0.15) is 27.2 Å². The molecular formula is C12H23NO6. The molecule has 0 heterocycles. The highest BCUT2D eigenvalue weighted by molar-refractivity contribution is 5.73. The average Bonchev–Trinajstić information content (AvgIpc) is 2.12. The normalized spacial score (nSPS) is 12.1. The van der Waals surface area contributed by atoms with Gasteiger partial charge in [0.15, 0.2) is 0 Å². The second kappa shape index (κ2) is 7.30. The Labute approximate surface area is 113 Å². The zero-order chi connectivity index (χ0) is 15.1. The molecule has 0 saturated carbocycles. The molecule has 2 N–H and O–H groups in total. The lowest BCUT2D eigenvalue weighted by Crippen LogP contribution is -2.57. The molecule has 0 aliphatic rings. The maximum absolute atomic E-state index is 11.8. The van der Waals surface area contributed by atoms with Crippen molar-refractivity contribution >= 4 is 12.1 Å². The zero-order valence-corrected chi connectivity index (χ0v) is 12.1. The van der Waals surface area contributed by atoms with E-state index in [0.29, 0.717) is 0 Å². The van der Waals surface area contributed by atoms with E-state index in [1.807, 2.05) is 0 Å². The predicted octanol–water partition coefficient (Wildman–Crippen LogP) is 1.02. The summed E-state index contributed by atoms with van der Waals surface area (Å²) in [6.07, 6.45) is -1.03. The van der Waals surface area contributed by atoms with Crippen molar-refractivity contribution in [3.63, 3.8) is 0 Å². The molecule has 19 heavy (non-hydrogen) atoms. The van der Waals surface area contributed by atoms with E-state index >= 15 is 0 Å². The average molecular weight is 277 g/mol. The Hall–Kier alpha value is -1.34. The largest absolute Gasteiger partial charge is 0.481 e. The maximum Gasteiger partial charge on any atom is 0.408 e. The summed E-state index contributed by atoms with van der Waals surface area (Å²) in [5, 5.41) is 11.5. The molecule has 0 fully saturated rings. The van der Waals surface area contributed by atoms with Crippen LogP contribution in [-0.4, -0.2) is 55.7 Å². The van der Waals surface area contributed by atoms with Gasteiger partial charge in [0.2, 0.25) is 0 Å². The summed E-state index contributed by atoms with van der Waals surface area (Å²) in [7, 11) is 2.84. The number of carboxylic acid groups (broad SMARTS) is 1. The molecule has 0 aromatic carbocycles. The fourth-order valence-electron chi connectivity index (χ4n) is 1.62. The lowest BCUT2D eigenvalue weighted by atomic mass is 9.97. The van der Waals surface area contributed by atoms with Gasteiger partial charge in [-0.25, -0.2) is 4.79 Å². The first-order valence-corrected chi connectivity index (χ1v) is 5.85. The van der Waals surface area contributed by atoms with Gasteiger partial charge in [-0.1, -0.05) is 0 Å². The third-order valence-corrected chi connectivity index (χ3v) is 2.10. The van der Waals surface area contributed by atoms with Crippen LogP contribution >= 0.6 is 0 Å². The molecule has 0 aromatic rings. The number of aliphatic carboxylic acids is 1. The number of rotatable bonds is 7. The second-order valence-corrected chi connectivity index (χ2v) is 5.34. The number of nitrogens with one attached hydrogen (secondary N) is 1. The van der Waals surface area contributed by atoms with Crippen LogP contribution in [0.3, 0.4) is 0 Å². The van der Waals surface area contributed by atoms with Gasteiger partial charge < -0.3 is 24.6 Å². The van der Waals surface area contributed by atoms with Crippen molar-refractivity contribution < 1.29 is 28.9 Å². The molecule has 0 spiro atoms. The summed E-state index contributed by atoms with van der Waals surface area (Å²) in [4.78, 5) is 22.7. The molecule has 0 aliphatic carbocycles. The number of carbonyl (C=O) groups excluding carboxylic acids is 1. The molecule has 0 radical (unpaired) electrons. The van der Waals surface area contributed by atoms with Crippen LogP contribution in [0.2, 0.25) is 0 Å². The summed E-state index contributed by atoms with van der Waals surface area (Å²) >= 11 is 0. The summed E-state index contributed by atoms with van der Waals surface area (Å²) in [6.45, 7) is 5.17. The van der Waals surface area contributed by atoms with Crippen molar-refractivity contribution in [1.82, 2.24) is 5.32 Å². The van der Waals surface area contributed by atoms with Crippen LogP contribution in [-0.2, 0) is 19.0 Å². The number of amides is 1. The summed E-state index contributed by atoms with van der Waals surface area (Å²) in [5.74, 6) is -1.06. The van der Waals surface area contributed by atoms with E-state index in [4.69, 9.17) is 19.3 Å². The van der Waals surface area contributed by atoms with E-state index in [1.54, 1.807) is 20.8 Å². The first kappa shape index (κ1) is 17.7. The molecule has 0 rings (SSSR count). The Kier molecular flexibility index (Phi) is 6.78. The van der Waals surface area contributed by atoms with Gasteiger partial charge in [0.25, 0.3) is 0 Å². The van der Waals surface area contributed by atoms with Crippen LogP contribution in [0.15, 0.2) is 0 Å². The van der Waals surface area contributed by atoms with Crippen LogP contribution in [0.25, 0.3) is 0 Å². The van der Waals surface area contributed by atoms with Gasteiger partial charge in [-0.3, -0.25) is 4.79 Å². The standard InChI is InChI=1S/C12H23NO6/c1-11(2,3)19-10(16)13-12(7-17-4,8-18-5)6-9(14)15/h6-8H2,1-5H3,(H,13,16)(H,14,15). The van der Waals surface area contributed by atoms with Gasteiger partial charge in [0.1, 0.15) is 11.1 Å². The number of ether oxygens (including phenoxy) is 3. The Bertz CT molecular complexity index is 304. The molecular weight excluding hydrogens is 254 g/mol. The molecule has 0 atom stereocenters. The number of carbonyl (C=O) groups is 2. The number of hydrogen-bond acceptors (Lipinski definition) is 5. The smallest absolute Gasteiger partial charge is 0.408 e. The van der Waals surface area contributed by atoms with Gasteiger partial charge in [-0.05, 0) is 20.8 Å². The van der Waals surface area contributed by atoms with Crippen LogP contribution in [0.4, 0.5) is 4.79 Å². The van der Waals surface area contributed by atoms with E-state index in [9.17, 15) is 9.59 Å². The molecule has 112 valence electrons. The minimum absolute atomic E-state index is 0.00633. The molecule has 0 bridgehead atoms. The molecule has 7 heteroatoms. The lowest BCUT2D eigenvalue weighted by Gasteiger charge is -2.33. The third kappa shape index (κ3) is 7.63. The Morgan fingerprint density at radius 2 is 1.58 bits per heavy atom. The predicted molar refractivity (Wildman–Crippen MR) is 68.1 cm³/mol. The van der Waals surface area contributed by atoms with E-state index in [2.05, 4.69) is 5.32 Å². The summed E-state index contributed by atoms with van der Waals surface area (Å²) in [6, 6.07) is 0. The van der Waals surface area contributed by atoms with E-state index < -0.39 is 23.2 Å². The molecule has 7 nitrogen and oxygen atoms in total. The highest BCUT2D eigenvalue weighted by Gasteiger charge is 2.36. The highest BCUT2D eigenvalue weighted by atomic mass is 16.6. The van der Waals surface area contributed by atoms with Gasteiger partial charge in [0, 0.05) is 14.2 Å². The van der Waals surface area contributed by atoms with Crippen molar-refractivity contribution in [3.05, 3.63) is 0 Å². The molecule has 0 saturated heterocycles. The molecule has 0 aromatic heterocycles. The summed E-state index contributed by atoms with van der Waals surface area (Å²) in [5.41, 5.74) is -1.82. The first-order chi connectivity index (χ1) is 8.64. The van der Waals surface area contributed by atoms with Gasteiger partial charge in [-0.15, -0.1) is 0 Å². The maximum atomic E-state index is 11.8. The van der Waals surface area contributed by atoms with E-state index in [-0.39, 0.29) is 19.6 Å². The Morgan fingerprint density at radius 1 is 1.11 bits per heavy atom. The minimum atomic E-state index is -1.16. The zero-order valence-electron chi connectivity index (χ0n) is 12.1.